The molecule has 0 bridgehead atoms. The van der Waals surface area contributed by atoms with Crippen molar-refractivity contribution in [2.45, 2.75) is 12.1 Å². The van der Waals surface area contributed by atoms with Crippen LogP contribution < -0.4 is 10.6 Å². The Hall–Kier alpha value is -2.76. The molecule has 4 heteroatoms. The van der Waals surface area contributed by atoms with Crippen molar-refractivity contribution < 1.29 is 9.47 Å². The summed E-state index contributed by atoms with van der Waals surface area (Å²) in [5, 5.41) is 12.7. The second-order valence-corrected chi connectivity index (χ2v) is 8.23. The number of benzene rings is 4. The summed E-state index contributed by atoms with van der Waals surface area (Å²) in [6, 6.07) is 30.6. The molecule has 5 rings (SSSR count). The van der Waals surface area contributed by atoms with E-state index in [1.54, 1.807) is 0 Å². The molecule has 0 unspecified atom stereocenters. The smallest absolute Gasteiger partial charge is 0.0701 e. The van der Waals surface area contributed by atoms with E-state index in [9.17, 15) is 0 Å². The van der Waals surface area contributed by atoms with E-state index in [1.165, 1.54) is 32.7 Å². The van der Waals surface area contributed by atoms with E-state index in [2.05, 4.69) is 95.6 Å². The van der Waals surface area contributed by atoms with Crippen molar-refractivity contribution in [1.29, 1.82) is 0 Å². The molecule has 0 aromatic heterocycles. The highest BCUT2D eigenvalue weighted by Gasteiger charge is 2.27. The van der Waals surface area contributed by atoms with Crippen LogP contribution in [-0.4, -0.2) is 39.5 Å². The highest BCUT2D eigenvalue weighted by atomic mass is 16.5. The molecule has 4 aromatic carbocycles. The highest BCUT2D eigenvalue weighted by molar-refractivity contribution is 5.88. The van der Waals surface area contributed by atoms with E-state index in [4.69, 9.17) is 9.47 Å². The molecule has 0 aliphatic carbocycles. The molecule has 164 valence electrons. The fourth-order valence-corrected chi connectivity index (χ4v) is 4.75. The Morgan fingerprint density at radius 2 is 0.938 bits per heavy atom. The number of nitrogens with one attached hydrogen (secondary N) is 2. The zero-order chi connectivity index (χ0) is 21.6. The van der Waals surface area contributed by atoms with Crippen molar-refractivity contribution >= 4 is 21.5 Å². The molecule has 4 nitrogen and oxygen atoms in total. The minimum absolute atomic E-state index is 0.0786. The molecule has 0 radical (unpaired) electrons. The lowest BCUT2D eigenvalue weighted by atomic mass is 9.87. The van der Waals surface area contributed by atoms with Crippen molar-refractivity contribution in [3.05, 3.63) is 96.1 Å². The van der Waals surface area contributed by atoms with E-state index in [-0.39, 0.29) is 12.1 Å². The summed E-state index contributed by atoms with van der Waals surface area (Å²) in [7, 11) is 0. The fraction of sp³-hybridized carbons (Fsp3) is 0.286. The summed E-state index contributed by atoms with van der Waals surface area (Å²) in [5.41, 5.74) is 2.60. The predicted molar refractivity (Wildman–Crippen MR) is 131 cm³/mol. The van der Waals surface area contributed by atoms with Crippen molar-refractivity contribution in [3.63, 3.8) is 0 Å². The summed E-state index contributed by atoms with van der Waals surface area (Å²) in [6.07, 6.45) is 0. The summed E-state index contributed by atoms with van der Waals surface area (Å²) in [5.74, 6) is 0. The Kier molecular flexibility index (Phi) is 6.75. The molecular formula is C28H30N2O2. The summed E-state index contributed by atoms with van der Waals surface area (Å²) in [4.78, 5) is 0. The Labute approximate surface area is 189 Å². The van der Waals surface area contributed by atoms with Gasteiger partial charge in [-0.05, 0) is 32.7 Å². The second kappa shape index (κ2) is 10.2. The van der Waals surface area contributed by atoms with E-state index >= 15 is 0 Å². The van der Waals surface area contributed by atoms with Gasteiger partial charge >= 0.3 is 0 Å². The second-order valence-electron chi connectivity index (χ2n) is 8.23. The fourth-order valence-electron chi connectivity index (χ4n) is 4.75. The van der Waals surface area contributed by atoms with Crippen LogP contribution in [0.1, 0.15) is 23.2 Å². The van der Waals surface area contributed by atoms with Crippen LogP contribution in [0.3, 0.4) is 0 Å². The molecule has 2 atom stereocenters. The SMILES string of the molecule is c1ccc2c([C@H]3NCCOCCOCCN[C@@H]3c3cccc4ccccc34)cccc2c1. The van der Waals surface area contributed by atoms with Crippen molar-refractivity contribution in [2.24, 2.45) is 0 Å². The van der Waals surface area contributed by atoms with Crippen LogP contribution in [0, 0.1) is 0 Å². The van der Waals surface area contributed by atoms with Gasteiger partial charge in [0.25, 0.3) is 0 Å². The van der Waals surface area contributed by atoms with E-state index < -0.39 is 0 Å². The number of ether oxygens (including phenoxy) is 2. The summed E-state index contributed by atoms with van der Waals surface area (Å²) in [6.45, 7) is 4.13. The van der Waals surface area contributed by atoms with Gasteiger partial charge in [0.15, 0.2) is 0 Å². The molecule has 1 aliphatic heterocycles. The lowest BCUT2D eigenvalue weighted by Crippen LogP contribution is -2.39. The van der Waals surface area contributed by atoms with Crippen molar-refractivity contribution in [2.75, 3.05) is 39.5 Å². The van der Waals surface area contributed by atoms with Crippen LogP contribution in [-0.2, 0) is 9.47 Å². The predicted octanol–water partition coefficient (Wildman–Crippen LogP) is 5.00. The third kappa shape index (κ3) is 4.54. The quantitative estimate of drug-likeness (QED) is 0.473. The first-order valence-electron chi connectivity index (χ1n) is 11.5. The van der Waals surface area contributed by atoms with E-state index in [0.717, 1.165) is 13.1 Å². The Morgan fingerprint density at radius 3 is 1.44 bits per heavy atom. The maximum atomic E-state index is 5.78. The van der Waals surface area contributed by atoms with E-state index in [1.807, 2.05) is 0 Å². The Morgan fingerprint density at radius 1 is 0.500 bits per heavy atom. The molecule has 1 fully saturated rings. The Balaban J connectivity index is 1.63. The lowest BCUT2D eigenvalue weighted by molar-refractivity contribution is 0.0448. The van der Waals surface area contributed by atoms with E-state index in [0.29, 0.717) is 26.4 Å². The van der Waals surface area contributed by atoms with Crippen molar-refractivity contribution in [1.82, 2.24) is 10.6 Å². The zero-order valence-corrected chi connectivity index (χ0v) is 18.3. The average Bonchev–Trinajstić information content (AvgIpc) is 2.84. The molecule has 1 heterocycles. The van der Waals surface area contributed by atoms with Crippen LogP contribution in [0.2, 0.25) is 0 Å². The van der Waals surface area contributed by atoms with Crippen LogP contribution >= 0.6 is 0 Å². The van der Waals surface area contributed by atoms with Gasteiger partial charge in [-0.1, -0.05) is 84.9 Å². The third-order valence-electron chi connectivity index (χ3n) is 6.24. The molecule has 1 aliphatic rings. The molecular weight excluding hydrogens is 396 g/mol. The van der Waals surface area contributed by atoms with Gasteiger partial charge < -0.3 is 20.1 Å². The number of hydrogen-bond donors (Lipinski definition) is 2. The first-order valence-corrected chi connectivity index (χ1v) is 11.5. The van der Waals surface area contributed by atoms with Gasteiger partial charge in [-0.2, -0.15) is 0 Å². The van der Waals surface area contributed by atoms with Crippen LogP contribution in [0.25, 0.3) is 21.5 Å². The molecule has 1 saturated heterocycles. The van der Waals surface area contributed by atoms with Gasteiger partial charge in [0.05, 0.1) is 38.5 Å². The number of rotatable bonds is 2. The van der Waals surface area contributed by atoms with Crippen LogP contribution in [0.4, 0.5) is 0 Å². The number of hydrogen-bond acceptors (Lipinski definition) is 4. The average molecular weight is 427 g/mol. The van der Waals surface area contributed by atoms with Gasteiger partial charge in [-0.25, -0.2) is 0 Å². The normalized spacial score (nSPS) is 21.1. The molecule has 2 N–H and O–H groups in total. The van der Waals surface area contributed by atoms with Crippen LogP contribution in [0.5, 0.6) is 0 Å². The monoisotopic (exact) mass is 426 g/mol. The van der Waals surface area contributed by atoms with Gasteiger partial charge in [0, 0.05) is 13.1 Å². The maximum Gasteiger partial charge on any atom is 0.0701 e. The zero-order valence-electron chi connectivity index (χ0n) is 18.3. The first kappa shape index (κ1) is 21.1. The largest absolute Gasteiger partial charge is 0.378 e. The first-order chi connectivity index (χ1) is 15.9. The van der Waals surface area contributed by atoms with Gasteiger partial charge in [0.2, 0.25) is 0 Å². The minimum Gasteiger partial charge on any atom is -0.378 e. The van der Waals surface area contributed by atoms with Gasteiger partial charge in [-0.15, -0.1) is 0 Å². The van der Waals surface area contributed by atoms with Crippen molar-refractivity contribution in [3.8, 4) is 0 Å². The van der Waals surface area contributed by atoms with Crippen LogP contribution in [0.15, 0.2) is 84.9 Å². The number of fused-ring (bicyclic) bond motifs is 2. The third-order valence-corrected chi connectivity index (χ3v) is 6.24. The molecule has 0 amide bonds. The Bertz CT molecular complexity index is 1070. The summed E-state index contributed by atoms with van der Waals surface area (Å²) >= 11 is 0. The topological polar surface area (TPSA) is 42.5 Å². The molecule has 4 aromatic rings. The molecule has 0 saturated carbocycles. The van der Waals surface area contributed by atoms with Gasteiger partial charge in [-0.3, -0.25) is 0 Å². The molecule has 0 spiro atoms. The van der Waals surface area contributed by atoms with Gasteiger partial charge in [0.1, 0.15) is 0 Å². The molecule has 32 heavy (non-hydrogen) atoms. The standard InChI is InChI=1S/C28H30N2O2/c1-3-11-23-21(7-1)9-5-13-25(23)27-28(30-16-18-32-20-19-31-17-15-29-27)26-14-6-10-22-8-2-4-12-24(22)26/h1-14,27-30H,15-20H2/t27-,28-/m1/s1. The lowest BCUT2D eigenvalue weighted by Gasteiger charge is -2.32. The highest BCUT2D eigenvalue weighted by Crippen LogP contribution is 2.36. The summed E-state index contributed by atoms with van der Waals surface area (Å²) < 4.78 is 11.6. The minimum atomic E-state index is 0.0786. The maximum absolute atomic E-state index is 5.78.